The number of aromatic hydroxyl groups is 2. The molecule has 4 heteroatoms. The summed E-state index contributed by atoms with van der Waals surface area (Å²) in [5.41, 5.74) is 1.44. The van der Waals surface area contributed by atoms with Crippen molar-refractivity contribution in [2.45, 2.75) is 32.6 Å². The van der Waals surface area contributed by atoms with Crippen molar-refractivity contribution in [2.24, 2.45) is 0 Å². The highest BCUT2D eigenvalue weighted by Gasteiger charge is 2.23. The van der Waals surface area contributed by atoms with Crippen LogP contribution in [-0.2, 0) is 5.41 Å². The number of aromatic nitrogens is 2. The molecule has 1 aromatic carbocycles. The van der Waals surface area contributed by atoms with Gasteiger partial charge in [0, 0.05) is 16.9 Å². The van der Waals surface area contributed by atoms with Gasteiger partial charge in [-0.2, -0.15) is 0 Å². The number of benzene rings is 1. The van der Waals surface area contributed by atoms with Crippen LogP contribution in [0.1, 0.15) is 32.9 Å². The van der Waals surface area contributed by atoms with Crippen LogP contribution in [0.5, 0.6) is 11.5 Å². The molecule has 0 aliphatic heterocycles. The molecule has 17 heavy (non-hydrogen) atoms. The molecule has 90 valence electrons. The summed E-state index contributed by atoms with van der Waals surface area (Å²) in [6.45, 7) is 6.28. The van der Waals surface area contributed by atoms with Gasteiger partial charge in [0.1, 0.15) is 6.33 Å². The molecular weight excluding hydrogens is 216 g/mol. The van der Waals surface area contributed by atoms with Crippen molar-refractivity contribution < 1.29 is 10.2 Å². The van der Waals surface area contributed by atoms with E-state index in [9.17, 15) is 10.2 Å². The molecule has 2 rings (SSSR count). The van der Waals surface area contributed by atoms with Gasteiger partial charge in [0.15, 0.2) is 11.5 Å². The maximum absolute atomic E-state index is 9.57. The Labute approximate surface area is 100.0 Å². The van der Waals surface area contributed by atoms with Gasteiger partial charge in [0.25, 0.3) is 0 Å². The van der Waals surface area contributed by atoms with Gasteiger partial charge in [-0.1, -0.05) is 20.8 Å². The van der Waals surface area contributed by atoms with E-state index in [1.165, 1.54) is 18.5 Å². The zero-order valence-electron chi connectivity index (χ0n) is 10.2. The molecule has 2 N–H and O–H groups in total. The number of nitrogens with zero attached hydrogens (tertiary/aromatic N) is 2. The Kier molecular flexibility index (Phi) is 2.65. The summed E-state index contributed by atoms with van der Waals surface area (Å²) in [5, 5.41) is 19.8. The number of phenolic OH excluding ortho intramolecular Hbond substituents is 2. The largest absolute Gasteiger partial charge is 0.504 e. The normalized spacial score (nSPS) is 11.9. The molecule has 1 heterocycles. The van der Waals surface area contributed by atoms with Crippen molar-refractivity contribution >= 4 is 10.9 Å². The predicted molar refractivity (Wildman–Crippen MR) is 66.2 cm³/mol. The number of fused-ring (bicyclic) bond motifs is 1. The second-order valence-electron chi connectivity index (χ2n) is 4.82. The van der Waals surface area contributed by atoms with Crippen LogP contribution < -0.4 is 0 Å². The molecule has 0 atom stereocenters. The van der Waals surface area contributed by atoms with Crippen molar-refractivity contribution in [3.8, 4) is 11.5 Å². The molecule has 0 fully saturated rings. The van der Waals surface area contributed by atoms with E-state index in [1.807, 2.05) is 0 Å². The van der Waals surface area contributed by atoms with E-state index in [2.05, 4.69) is 30.7 Å². The SMILES string of the molecule is CCC(C)(C)c1ncnc2cc(O)c(O)cc12. The third-order valence-electron chi connectivity index (χ3n) is 3.26. The second-order valence-corrected chi connectivity index (χ2v) is 4.82. The molecule has 0 radical (unpaired) electrons. The van der Waals surface area contributed by atoms with E-state index in [0.29, 0.717) is 5.52 Å². The molecule has 1 aromatic heterocycles. The third kappa shape index (κ3) is 1.90. The quantitative estimate of drug-likeness (QED) is 0.781. The van der Waals surface area contributed by atoms with Gasteiger partial charge < -0.3 is 10.2 Å². The van der Waals surface area contributed by atoms with E-state index < -0.39 is 0 Å². The number of phenols is 2. The predicted octanol–water partition coefficient (Wildman–Crippen LogP) is 2.73. The lowest BCUT2D eigenvalue weighted by Gasteiger charge is -2.23. The third-order valence-corrected chi connectivity index (χ3v) is 3.26. The van der Waals surface area contributed by atoms with Gasteiger partial charge in [-0.15, -0.1) is 0 Å². The fourth-order valence-corrected chi connectivity index (χ4v) is 1.79. The van der Waals surface area contributed by atoms with Crippen molar-refractivity contribution in [1.82, 2.24) is 9.97 Å². The summed E-state index contributed by atoms with van der Waals surface area (Å²) in [6, 6.07) is 2.99. The molecule has 0 amide bonds. The fourth-order valence-electron chi connectivity index (χ4n) is 1.79. The van der Waals surface area contributed by atoms with Crippen LogP contribution in [0, 0.1) is 0 Å². The topological polar surface area (TPSA) is 66.2 Å². The fraction of sp³-hybridized carbons (Fsp3) is 0.385. The lowest BCUT2D eigenvalue weighted by molar-refractivity contribution is 0.404. The van der Waals surface area contributed by atoms with Gasteiger partial charge in [0.05, 0.1) is 11.2 Å². The second kappa shape index (κ2) is 3.87. The van der Waals surface area contributed by atoms with E-state index >= 15 is 0 Å². The van der Waals surface area contributed by atoms with Crippen LogP contribution in [0.4, 0.5) is 0 Å². The van der Waals surface area contributed by atoms with Crippen LogP contribution in [0.2, 0.25) is 0 Å². The van der Waals surface area contributed by atoms with Crippen molar-refractivity contribution in [3.63, 3.8) is 0 Å². The zero-order valence-corrected chi connectivity index (χ0v) is 10.2. The minimum absolute atomic E-state index is 0.0927. The molecular formula is C13H16N2O2. The van der Waals surface area contributed by atoms with Gasteiger partial charge in [0.2, 0.25) is 0 Å². The van der Waals surface area contributed by atoms with E-state index in [0.717, 1.165) is 17.5 Å². The van der Waals surface area contributed by atoms with E-state index in [-0.39, 0.29) is 16.9 Å². The molecule has 0 bridgehead atoms. The van der Waals surface area contributed by atoms with Crippen molar-refractivity contribution in [3.05, 3.63) is 24.2 Å². The summed E-state index contributed by atoms with van der Waals surface area (Å²) in [4.78, 5) is 8.43. The standard InChI is InChI=1S/C13H16N2O2/c1-4-13(2,3)12-8-5-10(16)11(17)6-9(8)14-7-15-12/h5-7,16-17H,4H2,1-3H3. The maximum atomic E-state index is 9.57. The monoisotopic (exact) mass is 232 g/mol. The number of hydrogen-bond donors (Lipinski definition) is 2. The average molecular weight is 232 g/mol. The number of rotatable bonds is 2. The highest BCUT2D eigenvalue weighted by atomic mass is 16.3. The van der Waals surface area contributed by atoms with E-state index in [1.54, 1.807) is 0 Å². The van der Waals surface area contributed by atoms with Crippen LogP contribution in [0.15, 0.2) is 18.5 Å². The first kappa shape index (κ1) is 11.6. The average Bonchev–Trinajstić information content (AvgIpc) is 2.30. The Balaban J connectivity index is 2.77. The highest BCUT2D eigenvalue weighted by Crippen LogP contribution is 2.35. The highest BCUT2D eigenvalue weighted by molar-refractivity contribution is 5.85. The summed E-state index contributed by atoms with van der Waals surface area (Å²) in [6.07, 6.45) is 2.42. The summed E-state index contributed by atoms with van der Waals surface area (Å²) >= 11 is 0. The first-order valence-electron chi connectivity index (χ1n) is 5.63. The summed E-state index contributed by atoms with van der Waals surface area (Å²) in [5.74, 6) is -0.295. The Hall–Kier alpha value is -1.84. The Morgan fingerprint density at radius 2 is 1.76 bits per heavy atom. The van der Waals surface area contributed by atoms with Crippen LogP contribution in [0.3, 0.4) is 0 Å². The van der Waals surface area contributed by atoms with Gasteiger partial charge in [-0.05, 0) is 12.5 Å². The van der Waals surface area contributed by atoms with Gasteiger partial charge >= 0.3 is 0 Å². The minimum atomic E-state index is -0.156. The number of hydrogen-bond acceptors (Lipinski definition) is 4. The molecule has 0 unspecified atom stereocenters. The van der Waals surface area contributed by atoms with Crippen LogP contribution in [0.25, 0.3) is 10.9 Å². The first-order chi connectivity index (χ1) is 7.95. The Bertz CT molecular complexity index is 565. The Morgan fingerprint density at radius 1 is 1.12 bits per heavy atom. The minimum Gasteiger partial charge on any atom is -0.504 e. The van der Waals surface area contributed by atoms with Gasteiger partial charge in [-0.25, -0.2) is 9.97 Å². The van der Waals surface area contributed by atoms with Crippen LogP contribution in [-0.4, -0.2) is 20.2 Å². The van der Waals surface area contributed by atoms with Crippen LogP contribution >= 0.6 is 0 Å². The van der Waals surface area contributed by atoms with E-state index in [4.69, 9.17) is 0 Å². The maximum Gasteiger partial charge on any atom is 0.159 e. The molecule has 0 saturated heterocycles. The smallest absolute Gasteiger partial charge is 0.159 e. The van der Waals surface area contributed by atoms with Gasteiger partial charge in [-0.3, -0.25) is 0 Å². The zero-order chi connectivity index (χ0) is 12.6. The first-order valence-corrected chi connectivity index (χ1v) is 5.63. The molecule has 2 aromatic rings. The summed E-state index contributed by atoms with van der Waals surface area (Å²) in [7, 11) is 0. The molecule has 0 aliphatic carbocycles. The lowest BCUT2D eigenvalue weighted by atomic mass is 9.84. The molecule has 4 nitrogen and oxygen atoms in total. The summed E-state index contributed by atoms with van der Waals surface area (Å²) < 4.78 is 0. The van der Waals surface area contributed by atoms with Crippen molar-refractivity contribution in [2.75, 3.05) is 0 Å². The molecule has 0 spiro atoms. The lowest BCUT2D eigenvalue weighted by Crippen LogP contribution is -2.18. The molecule has 0 saturated carbocycles. The Morgan fingerprint density at radius 3 is 2.41 bits per heavy atom. The van der Waals surface area contributed by atoms with Crippen molar-refractivity contribution in [1.29, 1.82) is 0 Å². The molecule has 0 aliphatic rings.